The van der Waals surface area contributed by atoms with Crippen molar-refractivity contribution in [3.63, 3.8) is 0 Å². The molecule has 0 atom stereocenters. The number of hydrogen-bond donors (Lipinski definition) is 2. The molecule has 0 aliphatic heterocycles. The van der Waals surface area contributed by atoms with E-state index in [2.05, 4.69) is 5.32 Å². The van der Waals surface area contributed by atoms with E-state index in [9.17, 15) is 19.2 Å². The van der Waals surface area contributed by atoms with Crippen LogP contribution in [0.4, 0.5) is 14.4 Å². The lowest BCUT2D eigenvalue weighted by molar-refractivity contribution is -0.137. The molecule has 3 rings (SSSR count). The third-order valence-electron chi connectivity index (χ3n) is 6.72. The van der Waals surface area contributed by atoms with Gasteiger partial charge in [-0.05, 0) is 36.0 Å². The van der Waals surface area contributed by atoms with E-state index in [0.29, 0.717) is 38.9 Å². The molecule has 0 spiro atoms. The van der Waals surface area contributed by atoms with Crippen LogP contribution in [0, 0.1) is 0 Å². The van der Waals surface area contributed by atoms with Gasteiger partial charge in [-0.25, -0.2) is 14.4 Å². The first-order valence-electron chi connectivity index (χ1n) is 15.0. The second-order valence-corrected chi connectivity index (χ2v) is 10.2. The summed E-state index contributed by atoms with van der Waals surface area (Å²) < 4.78 is 16.2. The number of alkyl carbamates (subject to hydrolysis) is 1. The molecule has 0 fully saturated rings. The molecule has 240 valence electrons. The molecule has 0 aliphatic carbocycles. The third kappa shape index (κ3) is 14.3. The van der Waals surface area contributed by atoms with E-state index in [-0.39, 0.29) is 39.3 Å². The molecule has 45 heavy (non-hydrogen) atoms. The van der Waals surface area contributed by atoms with E-state index < -0.39 is 24.2 Å². The van der Waals surface area contributed by atoms with Crippen LogP contribution in [-0.4, -0.2) is 71.9 Å². The molecule has 0 saturated heterocycles. The summed E-state index contributed by atoms with van der Waals surface area (Å²) in [7, 11) is 0. The van der Waals surface area contributed by atoms with Crippen LogP contribution < -0.4 is 5.32 Å². The minimum absolute atomic E-state index is 0.0117. The van der Waals surface area contributed by atoms with Crippen molar-refractivity contribution in [3.8, 4) is 0 Å². The Balaban J connectivity index is 1.47. The van der Waals surface area contributed by atoms with E-state index in [1.807, 2.05) is 91.0 Å². The number of aliphatic carboxylic acids is 1. The van der Waals surface area contributed by atoms with Crippen molar-refractivity contribution < 1.29 is 38.5 Å². The lowest BCUT2D eigenvalue weighted by Gasteiger charge is -2.24. The second kappa shape index (κ2) is 20.0. The van der Waals surface area contributed by atoms with Crippen molar-refractivity contribution in [1.82, 2.24) is 15.1 Å². The van der Waals surface area contributed by atoms with E-state index >= 15 is 0 Å². The summed E-state index contributed by atoms with van der Waals surface area (Å²) in [6.07, 6.45) is -0.330. The number of amides is 3. The van der Waals surface area contributed by atoms with Crippen LogP contribution in [0.2, 0.25) is 0 Å². The third-order valence-corrected chi connectivity index (χ3v) is 6.72. The minimum Gasteiger partial charge on any atom is -0.481 e. The Morgan fingerprint density at radius 2 is 0.956 bits per heavy atom. The summed E-state index contributed by atoms with van der Waals surface area (Å²) in [6, 6.07) is 27.9. The first kappa shape index (κ1) is 34.4. The summed E-state index contributed by atoms with van der Waals surface area (Å²) >= 11 is 0. The zero-order valence-electron chi connectivity index (χ0n) is 25.3. The molecule has 2 N–H and O–H groups in total. The number of nitrogens with one attached hydrogen (secondary N) is 1. The molecule has 0 aliphatic rings. The van der Waals surface area contributed by atoms with Gasteiger partial charge in [-0.1, -0.05) is 91.0 Å². The highest BCUT2D eigenvalue weighted by atomic mass is 16.6. The first-order chi connectivity index (χ1) is 21.9. The van der Waals surface area contributed by atoms with Crippen molar-refractivity contribution in [2.45, 2.75) is 45.5 Å². The van der Waals surface area contributed by atoms with Gasteiger partial charge in [0.05, 0.1) is 6.42 Å². The van der Waals surface area contributed by atoms with Gasteiger partial charge in [0.1, 0.15) is 19.8 Å². The Kier molecular flexibility index (Phi) is 15.3. The molecule has 0 radical (unpaired) electrons. The van der Waals surface area contributed by atoms with Crippen LogP contribution in [0.25, 0.3) is 0 Å². The maximum Gasteiger partial charge on any atom is 0.410 e. The number of unbranched alkanes of at least 4 members (excludes halogenated alkanes) is 1. The predicted octanol–water partition coefficient (Wildman–Crippen LogP) is 5.84. The van der Waals surface area contributed by atoms with Crippen molar-refractivity contribution in [3.05, 3.63) is 108 Å². The molecule has 0 unspecified atom stereocenters. The number of hydrogen-bond acceptors (Lipinski definition) is 7. The number of rotatable bonds is 18. The van der Waals surface area contributed by atoms with Gasteiger partial charge >= 0.3 is 24.2 Å². The Morgan fingerprint density at radius 1 is 0.556 bits per heavy atom. The fraction of sp³-hybridized carbons (Fsp3) is 0.353. The molecule has 3 aromatic rings. The summed E-state index contributed by atoms with van der Waals surface area (Å²) in [5.74, 6) is -1.01. The van der Waals surface area contributed by atoms with E-state index in [4.69, 9.17) is 19.3 Å². The molecule has 0 heterocycles. The van der Waals surface area contributed by atoms with Crippen LogP contribution in [-0.2, 0) is 38.8 Å². The number of ether oxygens (including phenoxy) is 3. The number of carboxylic acid groups (broad SMARTS) is 1. The molecule has 11 heteroatoms. The monoisotopic (exact) mass is 619 g/mol. The van der Waals surface area contributed by atoms with Crippen LogP contribution in [0.3, 0.4) is 0 Å². The normalized spacial score (nSPS) is 10.4. The standard InChI is InChI=1S/C34H41N3O8/c38-31(39)19-24-37(34(42)45-27-30-17-8-3-9-18-30)22-11-10-21-36(33(41)44-26-29-15-6-2-7-16-29)23-12-20-35-32(40)43-25-28-13-4-1-5-14-28/h1-9,13-18H,10-12,19-27H2,(H,35,40)(H,38,39). The van der Waals surface area contributed by atoms with Crippen LogP contribution in [0.5, 0.6) is 0 Å². The Labute approximate surface area is 263 Å². The van der Waals surface area contributed by atoms with Crippen molar-refractivity contribution in [2.24, 2.45) is 0 Å². The Bertz CT molecular complexity index is 1310. The fourth-order valence-electron chi connectivity index (χ4n) is 4.28. The van der Waals surface area contributed by atoms with Crippen molar-refractivity contribution >= 4 is 24.2 Å². The second-order valence-electron chi connectivity index (χ2n) is 10.2. The van der Waals surface area contributed by atoms with Gasteiger partial charge in [0, 0.05) is 32.7 Å². The Morgan fingerprint density at radius 3 is 1.40 bits per heavy atom. The topological polar surface area (TPSA) is 135 Å². The van der Waals surface area contributed by atoms with E-state index in [1.165, 1.54) is 4.90 Å². The van der Waals surface area contributed by atoms with Gasteiger partial charge in [-0.2, -0.15) is 0 Å². The lowest BCUT2D eigenvalue weighted by Crippen LogP contribution is -2.37. The van der Waals surface area contributed by atoms with Crippen LogP contribution in [0.1, 0.15) is 42.4 Å². The van der Waals surface area contributed by atoms with Gasteiger partial charge < -0.3 is 34.4 Å². The van der Waals surface area contributed by atoms with E-state index in [1.54, 1.807) is 4.90 Å². The van der Waals surface area contributed by atoms with Crippen molar-refractivity contribution in [1.29, 1.82) is 0 Å². The molecule has 0 bridgehead atoms. The lowest BCUT2D eigenvalue weighted by atomic mass is 10.2. The van der Waals surface area contributed by atoms with Crippen LogP contribution >= 0.6 is 0 Å². The van der Waals surface area contributed by atoms with E-state index in [0.717, 1.165) is 16.7 Å². The number of carboxylic acids is 1. The van der Waals surface area contributed by atoms with Crippen molar-refractivity contribution in [2.75, 3.05) is 32.7 Å². The van der Waals surface area contributed by atoms with Gasteiger partial charge in [-0.3, -0.25) is 4.79 Å². The molecular weight excluding hydrogens is 578 g/mol. The molecule has 3 amide bonds. The molecular formula is C34H41N3O8. The maximum atomic E-state index is 13.0. The molecule has 0 aromatic heterocycles. The highest BCUT2D eigenvalue weighted by Crippen LogP contribution is 2.09. The zero-order chi connectivity index (χ0) is 32.1. The van der Waals surface area contributed by atoms with Crippen LogP contribution in [0.15, 0.2) is 91.0 Å². The maximum absolute atomic E-state index is 13.0. The summed E-state index contributed by atoms with van der Waals surface area (Å²) in [5, 5.41) is 11.8. The summed E-state index contributed by atoms with van der Waals surface area (Å²) in [5.41, 5.74) is 2.57. The summed E-state index contributed by atoms with van der Waals surface area (Å²) in [6.45, 7) is 1.61. The van der Waals surface area contributed by atoms with Gasteiger partial charge in [0.2, 0.25) is 0 Å². The van der Waals surface area contributed by atoms with Gasteiger partial charge in [0.25, 0.3) is 0 Å². The predicted molar refractivity (Wildman–Crippen MR) is 167 cm³/mol. The minimum atomic E-state index is -1.01. The largest absolute Gasteiger partial charge is 0.481 e. The highest BCUT2D eigenvalue weighted by molar-refractivity contribution is 5.70. The molecule has 3 aromatic carbocycles. The van der Waals surface area contributed by atoms with Gasteiger partial charge in [0.15, 0.2) is 0 Å². The fourth-order valence-corrected chi connectivity index (χ4v) is 4.28. The highest BCUT2D eigenvalue weighted by Gasteiger charge is 2.18. The average Bonchev–Trinajstić information content (AvgIpc) is 3.07. The number of benzene rings is 3. The smallest absolute Gasteiger partial charge is 0.410 e. The number of carbonyl (C=O) groups is 4. The molecule has 11 nitrogen and oxygen atoms in total. The van der Waals surface area contributed by atoms with Gasteiger partial charge in [-0.15, -0.1) is 0 Å². The SMILES string of the molecule is O=C(O)CCN(CCCCN(CCCNC(=O)OCc1ccccc1)C(=O)OCc1ccccc1)C(=O)OCc1ccccc1. The quantitative estimate of drug-likeness (QED) is 0.134. The molecule has 0 saturated carbocycles. The first-order valence-corrected chi connectivity index (χ1v) is 15.0. The Hall–Kier alpha value is -5.06. The zero-order valence-corrected chi connectivity index (χ0v) is 25.3. The summed E-state index contributed by atoms with van der Waals surface area (Å²) in [4.78, 5) is 51.9. The number of carbonyl (C=O) groups excluding carboxylic acids is 3. The number of nitrogens with zero attached hydrogens (tertiary/aromatic N) is 2. The average molecular weight is 620 g/mol.